The van der Waals surface area contributed by atoms with Crippen molar-refractivity contribution in [2.45, 2.75) is 26.0 Å². The summed E-state index contributed by atoms with van der Waals surface area (Å²) in [5, 5.41) is 13.6. The van der Waals surface area contributed by atoms with Crippen LogP contribution in [0.5, 0.6) is 11.5 Å². The van der Waals surface area contributed by atoms with E-state index >= 15 is 0 Å². The van der Waals surface area contributed by atoms with Crippen molar-refractivity contribution in [3.05, 3.63) is 65.9 Å². The molecule has 0 atom stereocenters. The average molecular weight is 414 g/mol. The van der Waals surface area contributed by atoms with Crippen molar-refractivity contribution in [2.24, 2.45) is 5.92 Å². The average Bonchev–Trinajstić information content (AvgIpc) is 3.44. The lowest BCUT2D eigenvalue weighted by Crippen LogP contribution is -2.07. The molecule has 0 saturated heterocycles. The highest BCUT2D eigenvalue weighted by atomic mass is 19.3. The number of halogens is 2. The number of alkyl halides is 2. The van der Waals surface area contributed by atoms with Gasteiger partial charge in [0, 0.05) is 11.8 Å². The second-order valence-electron chi connectivity index (χ2n) is 7.20. The minimum atomic E-state index is -2.92. The first-order valence-corrected chi connectivity index (χ1v) is 9.55. The Labute approximate surface area is 171 Å². The first-order valence-electron chi connectivity index (χ1n) is 9.55. The molecule has 4 rings (SSSR count). The first-order chi connectivity index (χ1) is 14.5. The molecule has 1 heterocycles. The lowest BCUT2D eigenvalue weighted by atomic mass is 10.1. The number of nitrogens with zero attached hydrogens (tertiary/aromatic N) is 2. The van der Waals surface area contributed by atoms with E-state index in [0.717, 1.165) is 18.4 Å². The minimum absolute atomic E-state index is 0.0149. The molecular formula is C22H20F2N2O4. The van der Waals surface area contributed by atoms with E-state index < -0.39 is 12.6 Å². The highest BCUT2D eigenvalue weighted by Crippen LogP contribution is 2.34. The summed E-state index contributed by atoms with van der Waals surface area (Å²) in [6.45, 7) is -2.04. The van der Waals surface area contributed by atoms with Crippen LogP contribution in [0.2, 0.25) is 0 Å². The van der Waals surface area contributed by atoms with Gasteiger partial charge in [0.25, 0.3) is 0 Å². The number of benzene rings is 2. The van der Waals surface area contributed by atoms with Crippen LogP contribution in [0.4, 0.5) is 8.78 Å². The van der Waals surface area contributed by atoms with E-state index in [0.29, 0.717) is 36.1 Å². The number of rotatable bonds is 9. The minimum Gasteiger partial charge on any atom is -0.489 e. The van der Waals surface area contributed by atoms with Gasteiger partial charge in [0.05, 0.1) is 24.4 Å². The zero-order valence-corrected chi connectivity index (χ0v) is 16.0. The fraction of sp³-hybridized carbons (Fsp3) is 0.273. The van der Waals surface area contributed by atoms with Crippen molar-refractivity contribution in [3.8, 4) is 22.8 Å². The summed E-state index contributed by atoms with van der Waals surface area (Å²) in [6.07, 6.45) is 3.95. The van der Waals surface area contributed by atoms with Gasteiger partial charge < -0.3 is 14.6 Å². The molecule has 1 N–H and O–H groups in total. The summed E-state index contributed by atoms with van der Waals surface area (Å²) in [5.74, 6) is -0.216. The molecule has 0 unspecified atom stereocenters. The molecule has 6 nitrogen and oxygen atoms in total. The van der Waals surface area contributed by atoms with Crippen LogP contribution in [0.15, 0.2) is 54.7 Å². The van der Waals surface area contributed by atoms with Gasteiger partial charge in [-0.15, -0.1) is 0 Å². The lowest BCUT2D eigenvalue weighted by molar-refractivity contribution is -0.0515. The second-order valence-corrected chi connectivity index (χ2v) is 7.20. The zero-order valence-electron chi connectivity index (χ0n) is 16.0. The van der Waals surface area contributed by atoms with Crippen LogP contribution in [-0.4, -0.2) is 34.1 Å². The molecule has 0 radical (unpaired) electrons. The lowest BCUT2D eigenvalue weighted by Gasteiger charge is -2.13. The fourth-order valence-electron chi connectivity index (χ4n) is 3.05. The third kappa shape index (κ3) is 4.94. The quantitative estimate of drug-likeness (QED) is 0.550. The van der Waals surface area contributed by atoms with Crippen molar-refractivity contribution in [2.75, 3.05) is 6.61 Å². The summed E-state index contributed by atoms with van der Waals surface area (Å²) in [4.78, 5) is 11.2. The molecule has 1 aliphatic rings. The highest BCUT2D eigenvalue weighted by Gasteiger charge is 2.23. The van der Waals surface area contributed by atoms with E-state index in [1.165, 1.54) is 12.1 Å². The van der Waals surface area contributed by atoms with E-state index in [1.54, 1.807) is 47.3 Å². The summed E-state index contributed by atoms with van der Waals surface area (Å²) >= 11 is 0. The zero-order chi connectivity index (χ0) is 21.1. The number of hydrogen-bond acceptors (Lipinski definition) is 4. The van der Waals surface area contributed by atoms with Crippen LogP contribution in [0.25, 0.3) is 11.3 Å². The normalized spacial score (nSPS) is 13.4. The van der Waals surface area contributed by atoms with Crippen LogP contribution in [0.1, 0.15) is 28.8 Å². The smallest absolute Gasteiger partial charge is 0.387 e. The maximum atomic E-state index is 12.7. The van der Waals surface area contributed by atoms with Gasteiger partial charge in [0.1, 0.15) is 0 Å². The first kappa shape index (κ1) is 19.9. The number of carboxylic acid groups (broad SMARTS) is 1. The molecule has 3 aromatic rings. The Morgan fingerprint density at radius 3 is 2.73 bits per heavy atom. The van der Waals surface area contributed by atoms with Crippen molar-refractivity contribution in [1.29, 1.82) is 0 Å². The van der Waals surface area contributed by atoms with E-state index in [9.17, 15) is 13.6 Å². The Bertz CT molecular complexity index is 1050. The molecule has 1 aliphatic carbocycles. The summed E-state index contributed by atoms with van der Waals surface area (Å²) in [7, 11) is 0. The van der Waals surface area contributed by atoms with Crippen LogP contribution < -0.4 is 9.47 Å². The molecule has 1 aromatic heterocycles. The van der Waals surface area contributed by atoms with Crippen LogP contribution in [-0.2, 0) is 6.54 Å². The Kier molecular flexibility index (Phi) is 5.65. The van der Waals surface area contributed by atoms with Crippen LogP contribution >= 0.6 is 0 Å². The maximum absolute atomic E-state index is 12.7. The third-order valence-corrected chi connectivity index (χ3v) is 4.79. The largest absolute Gasteiger partial charge is 0.489 e. The predicted octanol–water partition coefficient (Wildman–Crippen LogP) is 4.69. The molecule has 0 amide bonds. The standard InChI is InChI=1S/C22H20F2N2O4/c23-22(24)30-19-7-6-15(10-20(19)29-13-14-4-5-14)12-26-9-8-18(25-26)16-2-1-3-17(11-16)21(27)28/h1-3,6-11,14,22H,4-5,12-13H2,(H,27,28). The number of hydrogen-bond donors (Lipinski definition) is 1. The summed E-state index contributed by atoms with van der Waals surface area (Å²) < 4.78 is 37.3. The Morgan fingerprint density at radius 2 is 2.00 bits per heavy atom. The van der Waals surface area contributed by atoms with Gasteiger partial charge in [-0.05, 0) is 54.7 Å². The topological polar surface area (TPSA) is 73.6 Å². The van der Waals surface area contributed by atoms with Crippen LogP contribution in [0, 0.1) is 5.92 Å². The van der Waals surface area contributed by atoms with E-state index in [2.05, 4.69) is 9.84 Å². The van der Waals surface area contributed by atoms with Gasteiger partial charge >= 0.3 is 12.6 Å². The van der Waals surface area contributed by atoms with Gasteiger partial charge in [-0.25, -0.2) is 4.79 Å². The van der Waals surface area contributed by atoms with Crippen molar-refractivity contribution < 1.29 is 28.2 Å². The maximum Gasteiger partial charge on any atom is 0.387 e. The molecular weight excluding hydrogens is 394 g/mol. The fourth-order valence-corrected chi connectivity index (χ4v) is 3.05. The monoisotopic (exact) mass is 414 g/mol. The summed E-state index contributed by atoms with van der Waals surface area (Å²) in [6, 6.07) is 13.2. The Balaban J connectivity index is 1.51. The second kappa shape index (κ2) is 8.52. The number of carboxylic acids is 1. The van der Waals surface area contributed by atoms with Gasteiger partial charge in [0.15, 0.2) is 11.5 Å². The highest BCUT2D eigenvalue weighted by molar-refractivity contribution is 5.89. The molecule has 156 valence electrons. The molecule has 0 bridgehead atoms. The number of aromatic carboxylic acids is 1. The van der Waals surface area contributed by atoms with Crippen molar-refractivity contribution in [1.82, 2.24) is 9.78 Å². The number of carbonyl (C=O) groups is 1. The predicted molar refractivity (Wildman–Crippen MR) is 105 cm³/mol. The van der Waals surface area contributed by atoms with Gasteiger partial charge in [-0.1, -0.05) is 18.2 Å². The molecule has 1 saturated carbocycles. The molecule has 0 spiro atoms. The molecule has 30 heavy (non-hydrogen) atoms. The molecule has 8 heteroatoms. The van der Waals surface area contributed by atoms with Gasteiger partial charge in [-0.2, -0.15) is 13.9 Å². The van der Waals surface area contributed by atoms with Gasteiger partial charge in [0.2, 0.25) is 0 Å². The SMILES string of the molecule is O=C(O)c1cccc(-c2ccn(Cc3ccc(OC(F)F)c(OCC4CC4)c3)n2)c1. The molecule has 2 aromatic carbocycles. The van der Waals surface area contributed by atoms with E-state index in [4.69, 9.17) is 9.84 Å². The van der Waals surface area contributed by atoms with Gasteiger partial charge in [-0.3, -0.25) is 4.68 Å². The Hall–Kier alpha value is -3.42. The molecule has 0 aliphatic heterocycles. The third-order valence-electron chi connectivity index (χ3n) is 4.79. The Morgan fingerprint density at radius 1 is 1.17 bits per heavy atom. The summed E-state index contributed by atoms with van der Waals surface area (Å²) in [5.41, 5.74) is 2.34. The van der Waals surface area contributed by atoms with Crippen molar-refractivity contribution in [3.63, 3.8) is 0 Å². The molecule has 1 fully saturated rings. The van der Waals surface area contributed by atoms with E-state index in [1.807, 2.05) is 0 Å². The van der Waals surface area contributed by atoms with Crippen molar-refractivity contribution >= 4 is 5.97 Å². The van der Waals surface area contributed by atoms with E-state index in [-0.39, 0.29) is 11.3 Å². The van der Waals surface area contributed by atoms with Crippen LogP contribution in [0.3, 0.4) is 0 Å². The number of ether oxygens (including phenoxy) is 2. The number of aromatic nitrogens is 2.